The Morgan fingerprint density at radius 3 is 2.80 bits per heavy atom. The van der Waals surface area contributed by atoms with Crippen molar-refractivity contribution in [2.24, 2.45) is 0 Å². The number of benzene rings is 2. The topological polar surface area (TPSA) is 60.5 Å². The van der Waals surface area contributed by atoms with Gasteiger partial charge >= 0.3 is 0 Å². The number of amides is 1. The highest BCUT2D eigenvalue weighted by Gasteiger charge is 2.23. The molecule has 0 saturated carbocycles. The second kappa shape index (κ2) is 9.74. The molecule has 154 valence electrons. The third-order valence-corrected chi connectivity index (χ3v) is 5.15. The molecule has 1 aromatic heterocycles. The van der Waals surface area contributed by atoms with Gasteiger partial charge in [-0.15, -0.1) is 0 Å². The summed E-state index contributed by atoms with van der Waals surface area (Å²) in [5.74, 6) is 1.13. The van der Waals surface area contributed by atoms with E-state index < -0.39 is 0 Å². The van der Waals surface area contributed by atoms with E-state index in [-0.39, 0.29) is 12.0 Å². The van der Waals surface area contributed by atoms with Crippen LogP contribution in [0.5, 0.6) is 5.75 Å². The molecule has 1 fully saturated rings. The molecule has 1 aliphatic rings. The van der Waals surface area contributed by atoms with E-state index in [1.165, 1.54) is 0 Å². The Kier molecular flexibility index (Phi) is 6.62. The first kappa shape index (κ1) is 20.4. The highest BCUT2D eigenvalue weighted by atomic mass is 35.5. The van der Waals surface area contributed by atoms with Gasteiger partial charge < -0.3 is 14.8 Å². The zero-order valence-corrected chi connectivity index (χ0v) is 17.3. The standard InChI is InChI=1S/C24H23ClN2O3/c25-19-11-12-21(30-16-17-6-2-1-3-7-17)18(14-19)15-20-8-4-10-23(26-20)27-24(28)22-9-5-13-29-22/h1-4,6-8,10-12,14,22H,5,9,13,15-16H2,(H,26,27,28). The highest BCUT2D eigenvalue weighted by Crippen LogP contribution is 2.26. The smallest absolute Gasteiger partial charge is 0.254 e. The molecule has 6 heteroatoms. The van der Waals surface area contributed by atoms with Gasteiger partial charge in [0.1, 0.15) is 24.3 Å². The van der Waals surface area contributed by atoms with E-state index in [4.69, 9.17) is 21.1 Å². The predicted molar refractivity (Wildman–Crippen MR) is 117 cm³/mol. The Morgan fingerprint density at radius 2 is 2.00 bits per heavy atom. The second-order valence-corrected chi connectivity index (χ2v) is 7.64. The fraction of sp³-hybridized carbons (Fsp3) is 0.250. The van der Waals surface area contributed by atoms with Crippen LogP contribution < -0.4 is 10.1 Å². The Balaban J connectivity index is 1.46. The van der Waals surface area contributed by atoms with Crippen molar-refractivity contribution in [1.82, 2.24) is 4.98 Å². The summed E-state index contributed by atoms with van der Waals surface area (Å²) in [4.78, 5) is 16.9. The van der Waals surface area contributed by atoms with Gasteiger partial charge in [-0.25, -0.2) is 4.98 Å². The van der Waals surface area contributed by atoms with E-state index in [0.29, 0.717) is 30.5 Å². The molecular weight excluding hydrogens is 400 g/mol. The van der Waals surface area contributed by atoms with Gasteiger partial charge in [0.2, 0.25) is 0 Å². The van der Waals surface area contributed by atoms with Crippen molar-refractivity contribution in [3.8, 4) is 5.75 Å². The Morgan fingerprint density at radius 1 is 1.13 bits per heavy atom. The summed E-state index contributed by atoms with van der Waals surface area (Å²) < 4.78 is 11.5. The van der Waals surface area contributed by atoms with Crippen molar-refractivity contribution in [2.75, 3.05) is 11.9 Å². The SMILES string of the molecule is O=C(Nc1cccc(Cc2cc(Cl)ccc2OCc2ccccc2)n1)C1CCCO1. The zero-order valence-electron chi connectivity index (χ0n) is 16.5. The number of hydrogen-bond donors (Lipinski definition) is 1. The van der Waals surface area contributed by atoms with Crippen LogP contribution in [-0.4, -0.2) is 23.6 Å². The van der Waals surface area contributed by atoms with Crippen LogP contribution in [0.25, 0.3) is 0 Å². The maximum Gasteiger partial charge on any atom is 0.254 e. The number of hydrogen-bond acceptors (Lipinski definition) is 4. The minimum atomic E-state index is -0.388. The first-order chi connectivity index (χ1) is 14.7. The van der Waals surface area contributed by atoms with Crippen LogP contribution in [-0.2, 0) is 22.6 Å². The molecule has 1 amide bonds. The summed E-state index contributed by atoms with van der Waals surface area (Å²) in [5.41, 5.74) is 2.84. The molecule has 0 spiro atoms. The van der Waals surface area contributed by atoms with Gasteiger partial charge in [-0.1, -0.05) is 48.0 Å². The van der Waals surface area contributed by atoms with E-state index in [0.717, 1.165) is 35.4 Å². The third-order valence-electron chi connectivity index (χ3n) is 4.91. The third kappa shape index (κ3) is 5.38. The lowest BCUT2D eigenvalue weighted by atomic mass is 10.1. The summed E-state index contributed by atoms with van der Waals surface area (Å²) >= 11 is 6.23. The summed E-state index contributed by atoms with van der Waals surface area (Å²) in [6.45, 7) is 1.10. The van der Waals surface area contributed by atoms with E-state index >= 15 is 0 Å². The quantitative estimate of drug-likeness (QED) is 0.580. The molecule has 0 aliphatic carbocycles. The van der Waals surface area contributed by atoms with Gasteiger partial charge in [0.15, 0.2) is 0 Å². The summed E-state index contributed by atoms with van der Waals surface area (Å²) in [6.07, 6.45) is 1.80. The molecule has 1 N–H and O–H groups in total. The Labute approximate surface area is 181 Å². The van der Waals surface area contributed by atoms with E-state index in [2.05, 4.69) is 10.3 Å². The van der Waals surface area contributed by atoms with Crippen LogP contribution in [0.1, 0.15) is 29.7 Å². The van der Waals surface area contributed by atoms with Gasteiger partial charge in [-0.2, -0.15) is 0 Å². The van der Waals surface area contributed by atoms with Gasteiger partial charge in [0, 0.05) is 29.3 Å². The van der Waals surface area contributed by atoms with Crippen LogP contribution >= 0.6 is 11.6 Å². The van der Waals surface area contributed by atoms with Crippen molar-refractivity contribution in [3.63, 3.8) is 0 Å². The number of halogens is 1. The first-order valence-corrected chi connectivity index (χ1v) is 10.4. The lowest BCUT2D eigenvalue weighted by molar-refractivity contribution is -0.124. The van der Waals surface area contributed by atoms with E-state index in [9.17, 15) is 4.79 Å². The first-order valence-electron chi connectivity index (χ1n) is 10.0. The molecule has 1 aliphatic heterocycles. The van der Waals surface area contributed by atoms with E-state index in [1.54, 1.807) is 6.07 Å². The summed E-state index contributed by atoms with van der Waals surface area (Å²) in [7, 11) is 0. The number of nitrogens with zero attached hydrogens (tertiary/aromatic N) is 1. The van der Waals surface area contributed by atoms with Crippen molar-refractivity contribution in [1.29, 1.82) is 0 Å². The summed E-state index contributed by atoms with van der Waals surface area (Å²) in [5, 5.41) is 3.49. The number of anilines is 1. The Hall–Kier alpha value is -2.89. The van der Waals surface area contributed by atoms with Crippen LogP contribution in [0.3, 0.4) is 0 Å². The number of carbonyl (C=O) groups excluding carboxylic acids is 1. The molecule has 1 saturated heterocycles. The molecule has 5 nitrogen and oxygen atoms in total. The molecule has 3 aromatic rings. The molecule has 1 unspecified atom stereocenters. The largest absolute Gasteiger partial charge is 0.489 e. The molecule has 0 radical (unpaired) electrons. The normalized spacial score (nSPS) is 15.7. The lowest BCUT2D eigenvalue weighted by Gasteiger charge is -2.13. The Bertz CT molecular complexity index is 1000. The van der Waals surface area contributed by atoms with Gasteiger partial charge in [-0.05, 0) is 48.7 Å². The summed E-state index contributed by atoms with van der Waals surface area (Å²) in [6, 6.07) is 21.2. The highest BCUT2D eigenvalue weighted by molar-refractivity contribution is 6.30. The lowest BCUT2D eigenvalue weighted by Crippen LogP contribution is -2.27. The van der Waals surface area contributed by atoms with Gasteiger partial charge in [0.05, 0.1) is 0 Å². The minimum Gasteiger partial charge on any atom is -0.489 e. The van der Waals surface area contributed by atoms with Gasteiger partial charge in [0.25, 0.3) is 5.91 Å². The monoisotopic (exact) mass is 422 g/mol. The van der Waals surface area contributed by atoms with Crippen LogP contribution in [0.15, 0.2) is 66.7 Å². The molecule has 1 atom stereocenters. The minimum absolute atomic E-state index is 0.146. The van der Waals surface area contributed by atoms with Crippen LogP contribution in [0, 0.1) is 0 Å². The average Bonchev–Trinajstić information content (AvgIpc) is 3.29. The van der Waals surface area contributed by atoms with Crippen molar-refractivity contribution in [2.45, 2.75) is 32.0 Å². The van der Waals surface area contributed by atoms with Crippen LogP contribution in [0.2, 0.25) is 5.02 Å². The maximum atomic E-state index is 12.3. The molecular formula is C24H23ClN2O3. The molecule has 2 heterocycles. The number of aromatic nitrogens is 1. The number of nitrogens with one attached hydrogen (secondary N) is 1. The van der Waals surface area contributed by atoms with Crippen LogP contribution in [0.4, 0.5) is 5.82 Å². The maximum absolute atomic E-state index is 12.3. The fourth-order valence-electron chi connectivity index (χ4n) is 3.40. The molecule has 4 rings (SSSR count). The fourth-order valence-corrected chi connectivity index (χ4v) is 3.59. The number of rotatable bonds is 7. The van der Waals surface area contributed by atoms with Crippen molar-refractivity contribution in [3.05, 3.63) is 88.6 Å². The number of carbonyl (C=O) groups is 1. The zero-order chi connectivity index (χ0) is 20.8. The van der Waals surface area contributed by atoms with Crippen molar-refractivity contribution >= 4 is 23.3 Å². The number of pyridine rings is 1. The molecule has 0 bridgehead atoms. The molecule has 30 heavy (non-hydrogen) atoms. The molecule has 2 aromatic carbocycles. The van der Waals surface area contributed by atoms with Gasteiger partial charge in [-0.3, -0.25) is 4.79 Å². The number of ether oxygens (including phenoxy) is 2. The van der Waals surface area contributed by atoms with E-state index in [1.807, 2.05) is 60.7 Å². The van der Waals surface area contributed by atoms with Crippen molar-refractivity contribution < 1.29 is 14.3 Å². The second-order valence-electron chi connectivity index (χ2n) is 7.21. The average molecular weight is 423 g/mol. The predicted octanol–water partition coefficient (Wildman–Crippen LogP) is 5.02.